The van der Waals surface area contributed by atoms with Crippen LogP contribution >= 0.6 is 0 Å². The lowest BCUT2D eigenvalue weighted by Crippen LogP contribution is -2.10. The summed E-state index contributed by atoms with van der Waals surface area (Å²) < 4.78 is 5.87. The molecule has 0 radical (unpaired) electrons. The summed E-state index contributed by atoms with van der Waals surface area (Å²) in [7, 11) is 0. The Balaban J connectivity index is 1.93. The van der Waals surface area contributed by atoms with Crippen LogP contribution in [0.15, 0.2) is 89.9 Å². The molecule has 118 valence electrons. The van der Waals surface area contributed by atoms with Crippen molar-refractivity contribution in [2.24, 2.45) is 4.99 Å². The van der Waals surface area contributed by atoms with Gasteiger partial charge in [-0.1, -0.05) is 36.4 Å². The molecule has 0 spiro atoms. The van der Waals surface area contributed by atoms with Crippen LogP contribution in [-0.4, -0.2) is 10.8 Å². The first-order valence-corrected chi connectivity index (χ1v) is 7.34. The van der Waals surface area contributed by atoms with Crippen molar-refractivity contribution in [3.05, 3.63) is 101 Å². The molecular weight excluding hydrogens is 304 g/mol. The fourth-order valence-corrected chi connectivity index (χ4v) is 2.09. The van der Waals surface area contributed by atoms with E-state index in [9.17, 15) is 10.1 Å². The van der Waals surface area contributed by atoms with E-state index in [-0.39, 0.29) is 5.69 Å². The molecule has 0 bridgehead atoms. The zero-order valence-corrected chi connectivity index (χ0v) is 12.7. The minimum absolute atomic E-state index is 0.0172. The van der Waals surface area contributed by atoms with Crippen molar-refractivity contribution in [1.82, 2.24) is 0 Å². The molecule has 0 atom stereocenters. The van der Waals surface area contributed by atoms with E-state index in [4.69, 9.17) is 4.74 Å². The number of benzene rings is 3. The van der Waals surface area contributed by atoms with Crippen LogP contribution in [0.3, 0.4) is 0 Å². The van der Waals surface area contributed by atoms with Gasteiger partial charge in [0.05, 0.1) is 10.6 Å². The number of non-ortho nitro benzene ring substituents is 1. The molecule has 0 saturated heterocycles. The van der Waals surface area contributed by atoms with Crippen molar-refractivity contribution in [2.45, 2.75) is 0 Å². The molecule has 3 rings (SSSR count). The Morgan fingerprint density at radius 3 is 2.00 bits per heavy atom. The van der Waals surface area contributed by atoms with E-state index in [1.54, 1.807) is 12.1 Å². The Hall–Kier alpha value is -3.47. The lowest BCUT2D eigenvalue weighted by Gasteiger charge is -2.09. The van der Waals surface area contributed by atoms with E-state index >= 15 is 0 Å². The summed E-state index contributed by atoms with van der Waals surface area (Å²) >= 11 is 0. The van der Waals surface area contributed by atoms with Gasteiger partial charge in [-0.3, -0.25) is 10.1 Å². The summed E-state index contributed by atoms with van der Waals surface area (Å²) in [5.74, 6) is 0.912. The maximum absolute atomic E-state index is 10.7. The Kier molecular flexibility index (Phi) is 4.62. The van der Waals surface area contributed by atoms with Gasteiger partial charge in [-0.05, 0) is 36.4 Å². The van der Waals surface area contributed by atoms with Gasteiger partial charge in [0, 0.05) is 17.7 Å². The summed E-state index contributed by atoms with van der Waals surface area (Å²) in [5.41, 5.74) is 1.60. The number of nitrogens with zero attached hydrogens (tertiary/aromatic N) is 2. The number of nitro groups is 1. The number of hydrogen-bond donors (Lipinski definition) is 0. The molecule has 0 aromatic heterocycles. The first-order valence-electron chi connectivity index (χ1n) is 7.34. The summed E-state index contributed by atoms with van der Waals surface area (Å²) in [6, 6.07) is 24.9. The van der Waals surface area contributed by atoms with Gasteiger partial charge in [0.1, 0.15) is 5.75 Å². The topological polar surface area (TPSA) is 64.7 Å². The second kappa shape index (κ2) is 7.19. The van der Waals surface area contributed by atoms with E-state index in [0.29, 0.717) is 11.6 Å². The Labute approximate surface area is 139 Å². The minimum atomic E-state index is -0.444. The monoisotopic (exact) mass is 318 g/mol. The minimum Gasteiger partial charge on any atom is -0.438 e. The molecule has 0 saturated carbocycles. The molecule has 0 amide bonds. The molecule has 3 aromatic rings. The van der Waals surface area contributed by atoms with Crippen molar-refractivity contribution < 1.29 is 9.66 Å². The normalized spacial score (nSPS) is 11.1. The number of hydrogen-bond acceptors (Lipinski definition) is 4. The van der Waals surface area contributed by atoms with Crippen molar-refractivity contribution in [3.63, 3.8) is 0 Å². The van der Waals surface area contributed by atoms with Crippen molar-refractivity contribution in [1.29, 1.82) is 0 Å². The highest BCUT2D eigenvalue weighted by atomic mass is 16.6. The molecule has 0 aliphatic carbocycles. The van der Waals surface area contributed by atoms with Crippen molar-refractivity contribution in [2.75, 3.05) is 0 Å². The number of ether oxygens (including phenoxy) is 1. The first kappa shape index (κ1) is 15.4. The van der Waals surface area contributed by atoms with Gasteiger partial charge in [0.2, 0.25) is 5.90 Å². The molecule has 24 heavy (non-hydrogen) atoms. The fourth-order valence-electron chi connectivity index (χ4n) is 2.09. The number of para-hydroxylation sites is 1. The molecule has 0 aliphatic heterocycles. The van der Waals surface area contributed by atoms with E-state index < -0.39 is 4.92 Å². The second-order valence-electron chi connectivity index (χ2n) is 4.97. The van der Waals surface area contributed by atoms with Crippen molar-refractivity contribution in [3.8, 4) is 5.75 Å². The van der Waals surface area contributed by atoms with Crippen LogP contribution < -0.4 is 4.74 Å². The highest BCUT2D eigenvalue weighted by molar-refractivity contribution is 5.97. The molecular formula is C19H14N2O3. The average molecular weight is 318 g/mol. The Morgan fingerprint density at radius 2 is 1.42 bits per heavy atom. The van der Waals surface area contributed by atoms with Crippen LogP contribution in [-0.2, 0) is 0 Å². The van der Waals surface area contributed by atoms with Gasteiger partial charge in [0.15, 0.2) is 0 Å². The smallest absolute Gasteiger partial charge is 0.269 e. The highest BCUT2D eigenvalue weighted by Crippen LogP contribution is 2.20. The van der Waals surface area contributed by atoms with E-state index in [2.05, 4.69) is 4.99 Å². The zero-order chi connectivity index (χ0) is 16.8. The summed E-state index contributed by atoms with van der Waals surface area (Å²) in [6.07, 6.45) is 0. The maximum atomic E-state index is 10.7. The molecule has 5 heteroatoms. The van der Waals surface area contributed by atoms with Crippen LogP contribution in [0.2, 0.25) is 0 Å². The number of rotatable bonds is 4. The zero-order valence-electron chi connectivity index (χ0n) is 12.7. The third-order valence-electron chi connectivity index (χ3n) is 3.27. The van der Waals surface area contributed by atoms with Gasteiger partial charge < -0.3 is 4.74 Å². The predicted octanol–water partition coefficient (Wildman–Crippen LogP) is 4.75. The lowest BCUT2D eigenvalue weighted by molar-refractivity contribution is -0.384. The third-order valence-corrected chi connectivity index (χ3v) is 3.27. The van der Waals surface area contributed by atoms with Crippen LogP contribution in [0.5, 0.6) is 5.75 Å². The van der Waals surface area contributed by atoms with Crippen molar-refractivity contribution >= 4 is 17.3 Å². The third kappa shape index (κ3) is 3.84. The van der Waals surface area contributed by atoms with Gasteiger partial charge in [0.25, 0.3) is 5.69 Å². The number of nitro benzene ring substituents is 1. The summed E-state index contributed by atoms with van der Waals surface area (Å²) in [4.78, 5) is 14.8. The Morgan fingerprint density at radius 1 is 0.833 bits per heavy atom. The SMILES string of the molecule is O=[N+]([O-])c1ccc(OC(=Nc2ccccc2)c2ccccc2)cc1. The van der Waals surface area contributed by atoms with Crippen LogP contribution in [0.1, 0.15) is 5.56 Å². The predicted molar refractivity (Wildman–Crippen MR) is 92.8 cm³/mol. The maximum Gasteiger partial charge on any atom is 0.269 e. The van der Waals surface area contributed by atoms with Gasteiger partial charge >= 0.3 is 0 Å². The Bertz CT molecular complexity index is 845. The number of aliphatic imine (C=N–C) groups is 1. The van der Waals surface area contributed by atoms with Gasteiger partial charge in [-0.25, -0.2) is 4.99 Å². The molecule has 0 heterocycles. The highest BCUT2D eigenvalue weighted by Gasteiger charge is 2.09. The van der Waals surface area contributed by atoms with E-state index in [1.807, 2.05) is 60.7 Å². The molecule has 0 N–H and O–H groups in total. The molecule has 0 unspecified atom stereocenters. The first-order chi connectivity index (χ1) is 11.7. The largest absolute Gasteiger partial charge is 0.438 e. The standard InChI is InChI=1S/C19H14N2O3/c22-21(23)17-11-13-18(14-12-17)24-19(15-7-3-1-4-8-15)20-16-9-5-2-6-10-16/h1-14H. The average Bonchev–Trinajstić information content (AvgIpc) is 2.63. The summed E-state index contributed by atoms with van der Waals surface area (Å²) in [6.45, 7) is 0. The fraction of sp³-hybridized carbons (Fsp3) is 0. The quantitative estimate of drug-likeness (QED) is 0.302. The van der Waals surface area contributed by atoms with Crippen LogP contribution in [0, 0.1) is 10.1 Å². The molecule has 0 aliphatic rings. The van der Waals surface area contributed by atoms with Gasteiger partial charge in [-0.15, -0.1) is 0 Å². The molecule has 5 nitrogen and oxygen atoms in total. The van der Waals surface area contributed by atoms with E-state index in [1.165, 1.54) is 12.1 Å². The molecule has 3 aromatic carbocycles. The van der Waals surface area contributed by atoms with Crippen LogP contribution in [0.4, 0.5) is 11.4 Å². The van der Waals surface area contributed by atoms with E-state index in [0.717, 1.165) is 11.3 Å². The molecule has 0 fully saturated rings. The lowest BCUT2D eigenvalue weighted by atomic mass is 10.2. The summed E-state index contributed by atoms with van der Waals surface area (Å²) in [5, 5.41) is 10.7. The second-order valence-corrected chi connectivity index (χ2v) is 4.97. The van der Waals surface area contributed by atoms with Gasteiger partial charge in [-0.2, -0.15) is 0 Å². The van der Waals surface area contributed by atoms with Crippen LogP contribution in [0.25, 0.3) is 0 Å².